The van der Waals surface area contributed by atoms with Crippen LogP contribution in [-0.2, 0) is 11.3 Å². The summed E-state index contributed by atoms with van der Waals surface area (Å²) in [5.41, 5.74) is 1.13. The number of aryl methyl sites for hydroxylation is 1. The van der Waals surface area contributed by atoms with E-state index < -0.39 is 5.82 Å². The summed E-state index contributed by atoms with van der Waals surface area (Å²) in [6, 6.07) is 6.49. The average molecular weight is 311 g/mol. The number of pyridine rings is 2. The van der Waals surface area contributed by atoms with Crippen LogP contribution >= 0.6 is 0 Å². The summed E-state index contributed by atoms with van der Waals surface area (Å²) < 4.78 is 15.3. The van der Waals surface area contributed by atoms with Gasteiger partial charge in [-0.25, -0.2) is 4.39 Å². The molecule has 3 rings (SSSR count). The summed E-state index contributed by atoms with van der Waals surface area (Å²) in [6.45, 7) is 1.76. The quantitative estimate of drug-likeness (QED) is 0.753. The first kappa shape index (κ1) is 14.9. The predicted octanol–water partition coefficient (Wildman–Crippen LogP) is 2.79. The number of hydrogen-bond donors (Lipinski definition) is 1. The number of aldehydes is 1. The first-order valence-electron chi connectivity index (χ1n) is 7.04. The summed E-state index contributed by atoms with van der Waals surface area (Å²) in [6.07, 6.45) is 5.21. The van der Waals surface area contributed by atoms with Crippen LogP contribution in [0.25, 0.3) is 10.8 Å². The van der Waals surface area contributed by atoms with E-state index in [0.29, 0.717) is 22.7 Å². The van der Waals surface area contributed by atoms with Crippen LogP contribution in [0.5, 0.6) is 0 Å². The number of anilines is 2. The Labute approximate surface area is 131 Å². The summed E-state index contributed by atoms with van der Waals surface area (Å²) in [5, 5.41) is 3.90. The minimum absolute atomic E-state index is 0.0323. The first-order valence-corrected chi connectivity index (χ1v) is 7.04. The van der Waals surface area contributed by atoms with Gasteiger partial charge in [-0.2, -0.15) is 0 Å². The Hall–Kier alpha value is -3.02. The van der Waals surface area contributed by atoms with Gasteiger partial charge in [0, 0.05) is 17.8 Å². The van der Waals surface area contributed by atoms with Gasteiger partial charge in [0.1, 0.15) is 12.1 Å². The fraction of sp³-hybridized carbons (Fsp3) is 0.118. The smallest absolute Gasteiger partial charge is 0.261 e. The fourth-order valence-electron chi connectivity index (χ4n) is 2.41. The van der Waals surface area contributed by atoms with E-state index >= 15 is 0 Å². The zero-order valence-electron chi connectivity index (χ0n) is 12.4. The number of halogens is 1. The van der Waals surface area contributed by atoms with Crippen LogP contribution in [0.1, 0.15) is 5.56 Å². The molecule has 0 saturated carbocycles. The number of nitrogens with one attached hydrogen (secondary N) is 1. The van der Waals surface area contributed by atoms with Crippen LogP contribution in [0.15, 0.2) is 47.7 Å². The highest BCUT2D eigenvalue weighted by atomic mass is 19.1. The molecule has 0 aliphatic carbocycles. The second-order valence-electron chi connectivity index (χ2n) is 5.20. The van der Waals surface area contributed by atoms with Crippen molar-refractivity contribution in [1.29, 1.82) is 0 Å². The standard InChI is InChI=1S/C17H14FN3O2/c1-11-2-3-14(13(18)8-11)20-15-10-19-9-12-4-5-21(6-7-22)17(23)16(12)15/h2-5,7-10,20H,6H2,1H3. The molecule has 116 valence electrons. The fourth-order valence-corrected chi connectivity index (χ4v) is 2.41. The van der Waals surface area contributed by atoms with Crippen molar-refractivity contribution in [3.8, 4) is 0 Å². The number of rotatable bonds is 4. The lowest BCUT2D eigenvalue weighted by Crippen LogP contribution is -2.21. The molecule has 1 N–H and O–H groups in total. The highest BCUT2D eigenvalue weighted by molar-refractivity contribution is 5.93. The molecule has 23 heavy (non-hydrogen) atoms. The van der Waals surface area contributed by atoms with Crippen LogP contribution in [0, 0.1) is 12.7 Å². The average Bonchev–Trinajstić information content (AvgIpc) is 2.53. The van der Waals surface area contributed by atoms with Gasteiger partial charge in [-0.3, -0.25) is 9.78 Å². The Bertz CT molecular complexity index is 950. The normalized spacial score (nSPS) is 10.7. The summed E-state index contributed by atoms with van der Waals surface area (Å²) in [4.78, 5) is 27.3. The molecule has 0 amide bonds. The van der Waals surface area contributed by atoms with Gasteiger partial charge in [-0.05, 0) is 30.7 Å². The monoisotopic (exact) mass is 311 g/mol. The van der Waals surface area contributed by atoms with Gasteiger partial charge in [0.15, 0.2) is 0 Å². The van der Waals surface area contributed by atoms with Crippen molar-refractivity contribution in [3.05, 3.63) is 64.6 Å². The van der Waals surface area contributed by atoms with Gasteiger partial charge in [-0.1, -0.05) is 6.07 Å². The third-order valence-electron chi connectivity index (χ3n) is 3.55. The Kier molecular flexibility index (Phi) is 3.89. The number of benzene rings is 1. The Morgan fingerprint density at radius 1 is 1.26 bits per heavy atom. The first-order chi connectivity index (χ1) is 11.1. The third kappa shape index (κ3) is 2.83. The molecule has 0 spiro atoms. The molecule has 0 aliphatic rings. The van der Waals surface area contributed by atoms with Crippen molar-refractivity contribution >= 4 is 28.4 Å². The van der Waals surface area contributed by atoms with Crippen molar-refractivity contribution < 1.29 is 9.18 Å². The SMILES string of the molecule is Cc1ccc(Nc2cncc3ccn(CC=O)c(=O)c23)c(F)c1. The van der Waals surface area contributed by atoms with Gasteiger partial charge < -0.3 is 14.7 Å². The van der Waals surface area contributed by atoms with E-state index in [-0.39, 0.29) is 17.8 Å². The van der Waals surface area contributed by atoms with Gasteiger partial charge in [0.05, 0.1) is 29.5 Å². The third-order valence-corrected chi connectivity index (χ3v) is 3.55. The second-order valence-corrected chi connectivity index (χ2v) is 5.20. The van der Waals surface area contributed by atoms with E-state index in [1.165, 1.54) is 23.0 Å². The van der Waals surface area contributed by atoms with Crippen LogP contribution in [-0.4, -0.2) is 15.8 Å². The molecule has 3 aromatic rings. The minimum Gasteiger partial charge on any atom is -0.351 e. The molecule has 1 aromatic carbocycles. The molecule has 0 atom stereocenters. The van der Waals surface area contributed by atoms with E-state index in [4.69, 9.17) is 0 Å². The zero-order chi connectivity index (χ0) is 16.4. The number of hydrogen-bond acceptors (Lipinski definition) is 4. The Balaban J connectivity index is 2.15. The van der Waals surface area contributed by atoms with Crippen molar-refractivity contribution in [2.75, 3.05) is 5.32 Å². The van der Waals surface area contributed by atoms with Crippen LogP contribution in [0.2, 0.25) is 0 Å². The maximum atomic E-state index is 14.0. The topological polar surface area (TPSA) is 64.0 Å². The molecule has 0 radical (unpaired) electrons. The van der Waals surface area contributed by atoms with Gasteiger partial charge in [0.2, 0.25) is 0 Å². The lowest BCUT2D eigenvalue weighted by atomic mass is 10.1. The van der Waals surface area contributed by atoms with E-state index in [1.54, 1.807) is 31.3 Å². The molecule has 6 heteroatoms. The number of aromatic nitrogens is 2. The molecular formula is C17H14FN3O2. The zero-order valence-corrected chi connectivity index (χ0v) is 12.4. The van der Waals surface area contributed by atoms with Gasteiger partial charge in [0.25, 0.3) is 5.56 Å². The van der Waals surface area contributed by atoms with E-state index in [0.717, 1.165) is 5.56 Å². The summed E-state index contributed by atoms with van der Waals surface area (Å²) >= 11 is 0. The predicted molar refractivity (Wildman–Crippen MR) is 86.5 cm³/mol. The molecule has 0 saturated heterocycles. The molecule has 2 heterocycles. The van der Waals surface area contributed by atoms with Crippen molar-refractivity contribution in [3.63, 3.8) is 0 Å². The van der Waals surface area contributed by atoms with Gasteiger partial charge >= 0.3 is 0 Å². The van der Waals surface area contributed by atoms with Crippen LogP contribution < -0.4 is 10.9 Å². The van der Waals surface area contributed by atoms with Crippen molar-refractivity contribution in [1.82, 2.24) is 9.55 Å². The minimum atomic E-state index is -0.411. The lowest BCUT2D eigenvalue weighted by Gasteiger charge is -2.11. The van der Waals surface area contributed by atoms with Crippen LogP contribution in [0.4, 0.5) is 15.8 Å². The number of fused-ring (bicyclic) bond motifs is 1. The molecule has 0 unspecified atom stereocenters. The van der Waals surface area contributed by atoms with E-state index in [1.807, 2.05) is 0 Å². The summed E-state index contributed by atoms with van der Waals surface area (Å²) in [7, 11) is 0. The highest BCUT2D eigenvalue weighted by Crippen LogP contribution is 2.25. The molecule has 0 fully saturated rings. The lowest BCUT2D eigenvalue weighted by molar-refractivity contribution is -0.108. The van der Waals surface area contributed by atoms with Crippen molar-refractivity contribution in [2.45, 2.75) is 13.5 Å². The molecule has 0 aliphatic heterocycles. The van der Waals surface area contributed by atoms with Crippen molar-refractivity contribution in [2.24, 2.45) is 0 Å². The molecular weight excluding hydrogens is 297 g/mol. The molecule has 0 bridgehead atoms. The maximum Gasteiger partial charge on any atom is 0.261 e. The van der Waals surface area contributed by atoms with E-state index in [2.05, 4.69) is 10.3 Å². The Morgan fingerprint density at radius 3 is 2.83 bits per heavy atom. The number of nitrogens with zero attached hydrogens (tertiary/aromatic N) is 2. The van der Waals surface area contributed by atoms with E-state index in [9.17, 15) is 14.0 Å². The number of carbonyl (C=O) groups is 1. The largest absolute Gasteiger partial charge is 0.351 e. The van der Waals surface area contributed by atoms with Crippen LogP contribution in [0.3, 0.4) is 0 Å². The maximum absolute atomic E-state index is 14.0. The molecule has 2 aromatic heterocycles. The molecule has 5 nitrogen and oxygen atoms in total. The second kappa shape index (κ2) is 6.00. The van der Waals surface area contributed by atoms with Gasteiger partial charge in [-0.15, -0.1) is 0 Å². The Morgan fingerprint density at radius 2 is 2.09 bits per heavy atom. The number of carbonyl (C=O) groups excluding carboxylic acids is 1. The highest BCUT2D eigenvalue weighted by Gasteiger charge is 2.10. The summed E-state index contributed by atoms with van der Waals surface area (Å²) in [5.74, 6) is -0.411.